The average Bonchev–Trinajstić information content (AvgIpc) is 2.71. The average molecular weight is 338 g/mol. The highest BCUT2D eigenvalue weighted by atomic mass is 35.5. The molecule has 23 heavy (non-hydrogen) atoms. The molecule has 5 nitrogen and oxygen atoms in total. The molecule has 126 valence electrons. The van der Waals surface area contributed by atoms with E-state index >= 15 is 0 Å². The first-order valence-corrected chi connectivity index (χ1v) is 8.18. The number of carbonyl (C=O) groups excluding carboxylic acids is 2. The molecule has 1 aromatic carbocycles. The summed E-state index contributed by atoms with van der Waals surface area (Å²) < 4.78 is 0. The Labute approximate surface area is 142 Å². The molecule has 1 aliphatic heterocycles. The van der Waals surface area contributed by atoms with Gasteiger partial charge in [-0.05, 0) is 11.6 Å². The Balaban J connectivity index is 2.15. The predicted octanol–water partition coefficient (Wildman–Crippen LogP) is 1.71. The third kappa shape index (κ3) is 4.69. The van der Waals surface area contributed by atoms with Gasteiger partial charge < -0.3 is 9.80 Å². The smallest absolute Gasteiger partial charge is 0.228 e. The van der Waals surface area contributed by atoms with Crippen LogP contribution < -0.4 is 0 Å². The molecular formula is C17H24ClN3O2. The minimum absolute atomic E-state index is 0.0150. The fourth-order valence-electron chi connectivity index (χ4n) is 2.90. The summed E-state index contributed by atoms with van der Waals surface area (Å²) in [6.45, 7) is 4.72. The number of nitrogens with zero attached hydrogens (tertiary/aromatic N) is 3. The van der Waals surface area contributed by atoms with Crippen molar-refractivity contribution >= 4 is 23.4 Å². The molecule has 1 aliphatic rings. The van der Waals surface area contributed by atoms with Gasteiger partial charge in [-0.25, -0.2) is 0 Å². The second kappa shape index (κ2) is 7.79. The number of carbonyl (C=O) groups is 2. The van der Waals surface area contributed by atoms with Gasteiger partial charge in [0.25, 0.3) is 0 Å². The summed E-state index contributed by atoms with van der Waals surface area (Å²) in [5.41, 5.74) is 1.04. The molecule has 1 aromatic rings. The number of halogens is 1. The maximum Gasteiger partial charge on any atom is 0.228 e. The predicted molar refractivity (Wildman–Crippen MR) is 91.2 cm³/mol. The molecule has 1 heterocycles. The van der Waals surface area contributed by atoms with Crippen LogP contribution in [-0.4, -0.2) is 66.8 Å². The van der Waals surface area contributed by atoms with E-state index in [0.717, 1.165) is 17.1 Å². The lowest BCUT2D eigenvalue weighted by molar-refractivity contribution is -0.135. The molecule has 2 amide bonds. The van der Waals surface area contributed by atoms with E-state index < -0.39 is 0 Å². The number of rotatable bonds is 3. The summed E-state index contributed by atoms with van der Waals surface area (Å²) in [6.07, 6.45) is 0. The molecule has 1 saturated heterocycles. The largest absolute Gasteiger partial charge is 0.348 e. The first-order chi connectivity index (χ1) is 10.9. The fraction of sp³-hybridized carbons (Fsp3) is 0.529. The van der Waals surface area contributed by atoms with Gasteiger partial charge in [0.15, 0.2) is 0 Å². The zero-order chi connectivity index (χ0) is 17.0. The maximum atomic E-state index is 12.4. The van der Waals surface area contributed by atoms with Gasteiger partial charge in [-0.1, -0.05) is 29.8 Å². The summed E-state index contributed by atoms with van der Waals surface area (Å²) in [5, 5.41) is 0.732. The second-order valence-corrected chi connectivity index (χ2v) is 6.63. The molecule has 0 spiro atoms. The first-order valence-electron chi connectivity index (χ1n) is 7.81. The monoisotopic (exact) mass is 337 g/mol. The van der Waals surface area contributed by atoms with E-state index in [1.54, 1.807) is 30.8 Å². The Morgan fingerprint density at radius 2 is 1.91 bits per heavy atom. The summed E-state index contributed by atoms with van der Waals surface area (Å²) in [7, 11) is 3.51. The van der Waals surface area contributed by atoms with Crippen LogP contribution in [0, 0.1) is 5.92 Å². The van der Waals surface area contributed by atoms with Gasteiger partial charge in [0, 0.05) is 58.8 Å². The highest BCUT2D eigenvalue weighted by Gasteiger charge is 2.30. The molecular weight excluding hydrogens is 314 g/mol. The van der Waals surface area contributed by atoms with Crippen LogP contribution in [0.3, 0.4) is 0 Å². The molecule has 1 fully saturated rings. The van der Waals surface area contributed by atoms with Crippen molar-refractivity contribution in [1.82, 2.24) is 14.7 Å². The van der Waals surface area contributed by atoms with Gasteiger partial charge in [-0.15, -0.1) is 0 Å². The van der Waals surface area contributed by atoms with E-state index in [-0.39, 0.29) is 17.7 Å². The van der Waals surface area contributed by atoms with Gasteiger partial charge >= 0.3 is 0 Å². The van der Waals surface area contributed by atoms with Crippen molar-refractivity contribution in [3.63, 3.8) is 0 Å². The van der Waals surface area contributed by atoms with Crippen molar-refractivity contribution in [1.29, 1.82) is 0 Å². The second-order valence-electron chi connectivity index (χ2n) is 6.22. The normalized spacial score (nSPS) is 19.3. The number of hydrogen-bond donors (Lipinski definition) is 0. The van der Waals surface area contributed by atoms with Crippen LogP contribution in [0.15, 0.2) is 24.3 Å². The van der Waals surface area contributed by atoms with Gasteiger partial charge in [-0.2, -0.15) is 0 Å². The molecule has 0 saturated carbocycles. The first kappa shape index (κ1) is 17.8. The summed E-state index contributed by atoms with van der Waals surface area (Å²) in [6, 6.07) is 7.74. The van der Waals surface area contributed by atoms with Crippen LogP contribution in [-0.2, 0) is 16.1 Å². The van der Waals surface area contributed by atoms with Crippen molar-refractivity contribution in [3.05, 3.63) is 34.9 Å². The molecule has 0 N–H and O–H groups in total. The molecule has 0 bridgehead atoms. The Morgan fingerprint density at radius 1 is 1.22 bits per heavy atom. The van der Waals surface area contributed by atoms with Gasteiger partial charge in [0.2, 0.25) is 11.8 Å². The van der Waals surface area contributed by atoms with Crippen LogP contribution in [0.2, 0.25) is 5.02 Å². The Morgan fingerprint density at radius 3 is 2.52 bits per heavy atom. The Bertz CT molecular complexity index is 577. The molecule has 0 aliphatic carbocycles. The summed E-state index contributed by atoms with van der Waals surface area (Å²) >= 11 is 6.25. The summed E-state index contributed by atoms with van der Waals surface area (Å²) in [5.74, 6) is -0.137. The SMILES string of the molecule is CC(=O)N1CCN(Cc2ccccc2Cl)CC(C(=O)N(C)C)C1. The minimum atomic E-state index is -0.209. The fourth-order valence-corrected chi connectivity index (χ4v) is 3.09. The molecule has 6 heteroatoms. The molecule has 1 atom stereocenters. The number of amides is 2. The van der Waals surface area contributed by atoms with Crippen molar-refractivity contribution in [3.8, 4) is 0 Å². The van der Waals surface area contributed by atoms with Crippen LogP contribution in [0.5, 0.6) is 0 Å². The van der Waals surface area contributed by atoms with Crippen LogP contribution in [0.1, 0.15) is 12.5 Å². The maximum absolute atomic E-state index is 12.4. The third-order valence-electron chi connectivity index (χ3n) is 4.19. The quantitative estimate of drug-likeness (QED) is 0.843. The third-order valence-corrected chi connectivity index (χ3v) is 4.56. The van der Waals surface area contributed by atoms with Crippen molar-refractivity contribution in [2.24, 2.45) is 5.92 Å². The van der Waals surface area contributed by atoms with E-state index in [4.69, 9.17) is 11.6 Å². The molecule has 2 rings (SSSR count). The number of benzene rings is 1. The lowest BCUT2D eigenvalue weighted by atomic mass is 10.1. The topological polar surface area (TPSA) is 43.9 Å². The van der Waals surface area contributed by atoms with Crippen molar-refractivity contribution in [2.45, 2.75) is 13.5 Å². The van der Waals surface area contributed by atoms with E-state index in [9.17, 15) is 9.59 Å². The van der Waals surface area contributed by atoms with Gasteiger partial charge in [0.1, 0.15) is 0 Å². The van der Waals surface area contributed by atoms with Gasteiger partial charge in [0.05, 0.1) is 5.92 Å². The lowest BCUT2D eigenvalue weighted by Gasteiger charge is -2.26. The minimum Gasteiger partial charge on any atom is -0.348 e. The molecule has 0 radical (unpaired) electrons. The van der Waals surface area contributed by atoms with Gasteiger partial charge in [-0.3, -0.25) is 14.5 Å². The van der Waals surface area contributed by atoms with E-state index in [2.05, 4.69) is 4.90 Å². The molecule has 0 aromatic heterocycles. The summed E-state index contributed by atoms with van der Waals surface area (Å²) in [4.78, 5) is 29.8. The van der Waals surface area contributed by atoms with Crippen LogP contribution in [0.4, 0.5) is 0 Å². The number of hydrogen-bond acceptors (Lipinski definition) is 3. The highest BCUT2D eigenvalue weighted by Crippen LogP contribution is 2.20. The zero-order valence-corrected chi connectivity index (χ0v) is 14.7. The van der Waals surface area contributed by atoms with Crippen LogP contribution >= 0.6 is 11.6 Å². The zero-order valence-electron chi connectivity index (χ0n) is 14.0. The van der Waals surface area contributed by atoms with Crippen molar-refractivity contribution < 1.29 is 9.59 Å². The van der Waals surface area contributed by atoms with E-state index in [1.807, 2.05) is 24.3 Å². The van der Waals surface area contributed by atoms with Crippen molar-refractivity contribution in [2.75, 3.05) is 40.3 Å². The van der Waals surface area contributed by atoms with E-state index in [1.165, 1.54) is 0 Å². The molecule has 1 unspecified atom stereocenters. The Hall–Kier alpha value is -1.59. The highest BCUT2D eigenvalue weighted by molar-refractivity contribution is 6.31. The standard InChI is InChI=1S/C17H24ClN3O2/c1-13(22)21-9-8-20(10-14-6-4-5-7-16(14)18)11-15(12-21)17(23)19(2)3/h4-7,15H,8-12H2,1-3H3. The van der Waals surface area contributed by atoms with E-state index in [0.29, 0.717) is 26.2 Å². The Kier molecular flexibility index (Phi) is 6.02. The van der Waals surface area contributed by atoms with Crippen LogP contribution in [0.25, 0.3) is 0 Å². The lowest BCUT2D eigenvalue weighted by Crippen LogP contribution is -2.41.